The summed E-state index contributed by atoms with van der Waals surface area (Å²) in [5.74, 6) is 0.192. The summed E-state index contributed by atoms with van der Waals surface area (Å²) in [6, 6.07) is 0. The van der Waals surface area contributed by atoms with E-state index in [0.717, 1.165) is 114 Å². The summed E-state index contributed by atoms with van der Waals surface area (Å²) in [4.78, 5) is 72.7. The van der Waals surface area contributed by atoms with Gasteiger partial charge in [0.05, 0.1) is 26.4 Å². The number of ether oxygens (including phenoxy) is 4. The van der Waals surface area contributed by atoms with Crippen LogP contribution >= 0.6 is 15.6 Å². The second-order valence-electron chi connectivity index (χ2n) is 27.6. The van der Waals surface area contributed by atoms with Gasteiger partial charge in [0.15, 0.2) is 12.2 Å². The van der Waals surface area contributed by atoms with Crippen LogP contribution in [0.3, 0.4) is 0 Å². The van der Waals surface area contributed by atoms with Crippen LogP contribution in [0.25, 0.3) is 0 Å². The van der Waals surface area contributed by atoms with Crippen LogP contribution in [0.1, 0.15) is 376 Å². The van der Waals surface area contributed by atoms with Crippen molar-refractivity contribution in [1.29, 1.82) is 0 Å². The Morgan fingerprint density at radius 1 is 0.312 bits per heavy atom. The average Bonchev–Trinajstić information content (AvgIpc) is 3.61. The van der Waals surface area contributed by atoms with Crippen LogP contribution in [0.15, 0.2) is 0 Å². The van der Waals surface area contributed by atoms with E-state index in [1.807, 2.05) is 0 Å². The molecule has 19 heteroatoms. The molecule has 4 unspecified atom stereocenters. The zero-order valence-electron chi connectivity index (χ0n) is 60.7. The molecule has 0 spiro atoms. The zero-order valence-corrected chi connectivity index (χ0v) is 62.5. The number of phosphoric ester groups is 2. The molecule has 0 aromatic heterocycles. The molecule has 0 heterocycles. The molecule has 3 N–H and O–H groups in total. The zero-order chi connectivity index (χ0) is 68.7. The largest absolute Gasteiger partial charge is 0.472 e. The first kappa shape index (κ1) is 91.1. The molecule has 0 bridgehead atoms. The van der Waals surface area contributed by atoms with Gasteiger partial charge in [-0.25, -0.2) is 9.13 Å². The highest BCUT2D eigenvalue weighted by molar-refractivity contribution is 7.47. The molecule has 93 heavy (non-hydrogen) atoms. The Morgan fingerprint density at radius 2 is 0.548 bits per heavy atom. The van der Waals surface area contributed by atoms with Crippen molar-refractivity contribution >= 4 is 39.5 Å². The number of aliphatic hydroxyl groups excluding tert-OH is 1. The summed E-state index contributed by atoms with van der Waals surface area (Å²) in [6.45, 7) is 11.9. The molecular weight excluding hydrogens is 1220 g/mol. The van der Waals surface area contributed by atoms with Gasteiger partial charge in [-0.3, -0.25) is 37.3 Å². The maximum Gasteiger partial charge on any atom is 0.472 e. The summed E-state index contributed by atoms with van der Waals surface area (Å²) in [6.07, 6.45) is 49.9. The summed E-state index contributed by atoms with van der Waals surface area (Å²) < 4.78 is 68.4. The Kier molecular flexibility index (Phi) is 63.4. The van der Waals surface area contributed by atoms with Crippen LogP contribution in [-0.4, -0.2) is 96.7 Å². The Morgan fingerprint density at radius 3 is 0.817 bits per heavy atom. The molecular formula is C74H144O17P2. The first-order valence-electron chi connectivity index (χ1n) is 38.4. The highest BCUT2D eigenvalue weighted by Gasteiger charge is 2.30. The Labute approximate surface area is 568 Å². The van der Waals surface area contributed by atoms with Crippen LogP contribution in [-0.2, 0) is 65.4 Å². The van der Waals surface area contributed by atoms with E-state index in [0.29, 0.717) is 25.7 Å². The van der Waals surface area contributed by atoms with Crippen molar-refractivity contribution in [1.82, 2.24) is 0 Å². The van der Waals surface area contributed by atoms with Gasteiger partial charge in [0.1, 0.15) is 19.3 Å². The summed E-state index contributed by atoms with van der Waals surface area (Å²) in [7, 11) is -9.91. The molecule has 0 aromatic rings. The smallest absolute Gasteiger partial charge is 0.462 e. The van der Waals surface area contributed by atoms with Gasteiger partial charge in [0, 0.05) is 25.7 Å². The van der Waals surface area contributed by atoms with Crippen molar-refractivity contribution in [3.05, 3.63) is 0 Å². The lowest BCUT2D eigenvalue weighted by Gasteiger charge is -2.21. The standard InChI is InChI=1S/C74H144O17P2/c1-8-11-12-13-14-15-16-19-23-28-33-41-48-55-71(76)84-61-69(90-73(78)57-50-43-34-29-24-21-18-17-20-22-27-32-39-46-53-66(6)9-2)63-88-92(80,81)86-59-68(75)60-87-93(82,83)89-64-70(62-85-72(77)56-49-42-37-36-40-47-54-67(7)10-3)91-74(79)58-51-44-35-30-25-26-31-38-45-52-65(4)5/h65-70,75H,8-64H2,1-7H3,(H,80,81)(H,82,83)/t66?,67?,68-,69-,70-/m1/s1. The van der Waals surface area contributed by atoms with E-state index in [4.69, 9.17) is 37.0 Å². The number of hydrogen-bond donors (Lipinski definition) is 3. The molecule has 0 radical (unpaired) electrons. The lowest BCUT2D eigenvalue weighted by atomic mass is 9.99. The number of esters is 4. The van der Waals surface area contributed by atoms with E-state index < -0.39 is 97.5 Å². The third-order valence-electron chi connectivity index (χ3n) is 17.9. The quantitative estimate of drug-likeness (QED) is 0.0222. The fraction of sp³-hybridized carbons (Fsp3) is 0.946. The lowest BCUT2D eigenvalue weighted by molar-refractivity contribution is -0.161. The van der Waals surface area contributed by atoms with Gasteiger partial charge in [0.2, 0.25) is 0 Å². The minimum atomic E-state index is -4.96. The number of phosphoric acid groups is 2. The number of unbranched alkanes of at least 4 members (excludes halogenated alkanes) is 38. The predicted molar refractivity (Wildman–Crippen MR) is 377 cm³/mol. The topological polar surface area (TPSA) is 237 Å². The number of carbonyl (C=O) groups is 4. The second kappa shape index (κ2) is 64.7. The Bertz CT molecular complexity index is 1820. The van der Waals surface area contributed by atoms with Crippen LogP contribution < -0.4 is 0 Å². The van der Waals surface area contributed by atoms with Crippen LogP contribution in [0.2, 0.25) is 0 Å². The first-order valence-corrected chi connectivity index (χ1v) is 41.4. The van der Waals surface area contributed by atoms with Crippen LogP contribution in [0.4, 0.5) is 0 Å². The molecule has 0 aliphatic heterocycles. The van der Waals surface area contributed by atoms with Gasteiger partial charge < -0.3 is 33.8 Å². The maximum absolute atomic E-state index is 13.1. The monoisotopic (exact) mass is 1370 g/mol. The number of rotatable bonds is 72. The molecule has 7 atom stereocenters. The van der Waals surface area contributed by atoms with E-state index in [-0.39, 0.29) is 25.7 Å². The second-order valence-corrected chi connectivity index (χ2v) is 30.6. The van der Waals surface area contributed by atoms with E-state index in [1.54, 1.807) is 0 Å². The molecule has 0 saturated heterocycles. The average molecular weight is 1370 g/mol. The van der Waals surface area contributed by atoms with Crippen molar-refractivity contribution in [2.75, 3.05) is 39.6 Å². The minimum Gasteiger partial charge on any atom is -0.462 e. The summed E-state index contributed by atoms with van der Waals surface area (Å²) in [5, 5.41) is 10.6. The van der Waals surface area contributed by atoms with Gasteiger partial charge in [-0.1, -0.05) is 325 Å². The SMILES string of the molecule is CCCCCCCCCCCCCCCC(=O)OC[C@H](COP(=O)(O)OC[C@@H](O)COP(=O)(O)OC[C@@H](COC(=O)CCCCCCCCC(C)CC)OC(=O)CCCCCCCCCCCC(C)C)OC(=O)CCCCCCCCCCCCCCCCC(C)CC. The maximum atomic E-state index is 13.1. The highest BCUT2D eigenvalue weighted by atomic mass is 31.2. The third-order valence-corrected chi connectivity index (χ3v) is 19.8. The molecule has 0 fully saturated rings. The Balaban J connectivity index is 5.25. The van der Waals surface area contributed by atoms with E-state index in [2.05, 4.69) is 48.5 Å². The van der Waals surface area contributed by atoms with E-state index in [1.165, 1.54) is 180 Å². The molecule has 552 valence electrons. The molecule has 0 rings (SSSR count). The highest BCUT2D eigenvalue weighted by Crippen LogP contribution is 2.45. The van der Waals surface area contributed by atoms with Crippen molar-refractivity contribution in [3.8, 4) is 0 Å². The lowest BCUT2D eigenvalue weighted by Crippen LogP contribution is -2.30. The van der Waals surface area contributed by atoms with E-state index in [9.17, 15) is 43.2 Å². The fourth-order valence-corrected chi connectivity index (χ4v) is 12.8. The van der Waals surface area contributed by atoms with E-state index >= 15 is 0 Å². The molecule has 0 saturated carbocycles. The fourth-order valence-electron chi connectivity index (χ4n) is 11.2. The van der Waals surface area contributed by atoms with Gasteiger partial charge in [0.25, 0.3) is 0 Å². The molecule has 0 amide bonds. The van der Waals surface area contributed by atoms with Crippen molar-refractivity contribution in [2.24, 2.45) is 17.8 Å². The molecule has 0 aliphatic rings. The van der Waals surface area contributed by atoms with Crippen LogP contribution in [0.5, 0.6) is 0 Å². The van der Waals surface area contributed by atoms with Crippen molar-refractivity contribution in [2.45, 2.75) is 394 Å². The first-order chi connectivity index (χ1) is 44.8. The van der Waals surface area contributed by atoms with Gasteiger partial charge in [-0.2, -0.15) is 0 Å². The normalized spacial score (nSPS) is 14.7. The number of aliphatic hydroxyl groups is 1. The number of hydrogen-bond acceptors (Lipinski definition) is 15. The van der Waals surface area contributed by atoms with Gasteiger partial charge >= 0.3 is 39.5 Å². The van der Waals surface area contributed by atoms with Gasteiger partial charge in [-0.05, 0) is 43.4 Å². The summed E-state index contributed by atoms with van der Waals surface area (Å²) >= 11 is 0. The van der Waals surface area contributed by atoms with Gasteiger partial charge in [-0.15, -0.1) is 0 Å². The number of carbonyl (C=O) groups excluding carboxylic acids is 4. The molecule has 17 nitrogen and oxygen atoms in total. The minimum absolute atomic E-state index is 0.104. The van der Waals surface area contributed by atoms with Crippen molar-refractivity contribution < 1.29 is 80.2 Å². The van der Waals surface area contributed by atoms with Crippen LogP contribution in [0, 0.1) is 17.8 Å². The predicted octanol–water partition coefficient (Wildman–Crippen LogP) is 21.4. The third kappa shape index (κ3) is 65.8. The van der Waals surface area contributed by atoms with Crippen molar-refractivity contribution in [3.63, 3.8) is 0 Å². The molecule has 0 aliphatic carbocycles. The molecule has 0 aromatic carbocycles. The summed E-state index contributed by atoms with van der Waals surface area (Å²) in [5.41, 5.74) is 0. The Hall–Kier alpha value is -1.94.